The molecule has 17 heavy (non-hydrogen) atoms. The van der Waals surface area contributed by atoms with Crippen LogP contribution in [0.4, 0.5) is 0 Å². The van der Waals surface area contributed by atoms with Crippen molar-refractivity contribution in [2.24, 2.45) is 0 Å². The number of hydrogen-bond acceptors (Lipinski definition) is 4. The standard InChI is InChI=1S/C12H16N4S/c1-8-10(17-7-13-8)12-14-11(15-16-12)9-5-3-2-4-6-9/h7,9H,2-6H2,1H3,(H,14,15,16). The Hall–Kier alpha value is -1.23. The molecule has 0 saturated heterocycles. The quantitative estimate of drug-likeness (QED) is 0.887. The van der Waals surface area contributed by atoms with Gasteiger partial charge in [-0.1, -0.05) is 19.3 Å². The van der Waals surface area contributed by atoms with Crippen LogP contribution in [0.15, 0.2) is 5.51 Å². The predicted molar refractivity (Wildman–Crippen MR) is 68.1 cm³/mol. The van der Waals surface area contributed by atoms with Gasteiger partial charge in [-0.05, 0) is 19.8 Å². The number of nitrogens with one attached hydrogen (secondary N) is 1. The summed E-state index contributed by atoms with van der Waals surface area (Å²) in [7, 11) is 0. The molecule has 90 valence electrons. The van der Waals surface area contributed by atoms with E-state index in [4.69, 9.17) is 0 Å². The second kappa shape index (κ2) is 4.56. The number of aromatic nitrogens is 4. The van der Waals surface area contributed by atoms with Crippen LogP contribution in [0, 0.1) is 6.92 Å². The Bertz CT molecular complexity index is 496. The Morgan fingerprint density at radius 1 is 1.29 bits per heavy atom. The Labute approximate surface area is 105 Å². The van der Waals surface area contributed by atoms with Gasteiger partial charge in [0, 0.05) is 5.92 Å². The van der Waals surface area contributed by atoms with Gasteiger partial charge in [-0.3, -0.25) is 5.10 Å². The van der Waals surface area contributed by atoms with Gasteiger partial charge in [-0.15, -0.1) is 11.3 Å². The van der Waals surface area contributed by atoms with Crippen molar-refractivity contribution in [1.29, 1.82) is 0 Å². The number of thiazole rings is 1. The van der Waals surface area contributed by atoms with Crippen molar-refractivity contribution in [1.82, 2.24) is 20.2 Å². The average molecular weight is 248 g/mol. The van der Waals surface area contributed by atoms with E-state index in [0.29, 0.717) is 5.92 Å². The lowest BCUT2D eigenvalue weighted by molar-refractivity contribution is 0.429. The molecule has 2 aromatic heterocycles. The molecule has 0 aromatic carbocycles. The van der Waals surface area contributed by atoms with Crippen LogP contribution >= 0.6 is 11.3 Å². The van der Waals surface area contributed by atoms with E-state index in [-0.39, 0.29) is 0 Å². The van der Waals surface area contributed by atoms with Crippen molar-refractivity contribution in [3.63, 3.8) is 0 Å². The van der Waals surface area contributed by atoms with Gasteiger partial charge in [0.2, 0.25) is 0 Å². The summed E-state index contributed by atoms with van der Waals surface area (Å²) in [4.78, 5) is 9.97. The largest absolute Gasteiger partial charge is 0.262 e. The molecule has 0 unspecified atom stereocenters. The van der Waals surface area contributed by atoms with E-state index in [1.807, 2.05) is 12.4 Å². The lowest BCUT2D eigenvalue weighted by Crippen LogP contribution is -2.06. The van der Waals surface area contributed by atoms with E-state index in [1.165, 1.54) is 32.1 Å². The zero-order valence-electron chi connectivity index (χ0n) is 9.94. The smallest absolute Gasteiger partial charge is 0.193 e. The summed E-state index contributed by atoms with van der Waals surface area (Å²) in [6, 6.07) is 0. The first kappa shape index (κ1) is 10.9. The molecule has 1 fully saturated rings. The Balaban J connectivity index is 1.85. The highest BCUT2D eigenvalue weighted by molar-refractivity contribution is 7.13. The molecule has 0 aliphatic heterocycles. The molecule has 0 atom stereocenters. The number of nitrogens with zero attached hydrogens (tertiary/aromatic N) is 3. The van der Waals surface area contributed by atoms with Crippen molar-refractivity contribution in [2.45, 2.75) is 44.9 Å². The van der Waals surface area contributed by atoms with E-state index in [2.05, 4.69) is 20.2 Å². The van der Waals surface area contributed by atoms with Crippen LogP contribution in [-0.4, -0.2) is 20.2 Å². The summed E-state index contributed by atoms with van der Waals surface area (Å²) in [6.07, 6.45) is 6.50. The molecule has 5 heteroatoms. The summed E-state index contributed by atoms with van der Waals surface area (Å²) >= 11 is 1.61. The molecular weight excluding hydrogens is 232 g/mol. The third kappa shape index (κ3) is 2.11. The van der Waals surface area contributed by atoms with Crippen LogP contribution in [0.2, 0.25) is 0 Å². The second-order valence-corrected chi connectivity index (χ2v) is 5.50. The molecule has 0 amide bonds. The molecule has 2 heterocycles. The highest BCUT2D eigenvalue weighted by Gasteiger charge is 2.20. The lowest BCUT2D eigenvalue weighted by Gasteiger charge is -2.18. The third-order valence-corrected chi connectivity index (χ3v) is 4.37. The normalized spacial score (nSPS) is 17.5. The molecule has 3 rings (SSSR count). The minimum absolute atomic E-state index is 0.582. The lowest BCUT2D eigenvalue weighted by atomic mass is 9.89. The highest BCUT2D eigenvalue weighted by atomic mass is 32.1. The number of aromatic amines is 1. The highest BCUT2D eigenvalue weighted by Crippen LogP contribution is 2.32. The van der Waals surface area contributed by atoms with Gasteiger partial charge in [-0.2, -0.15) is 5.10 Å². The maximum absolute atomic E-state index is 4.64. The van der Waals surface area contributed by atoms with Gasteiger partial charge in [0.15, 0.2) is 5.82 Å². The Kier molecular flexibility index (Phi) is 2.93. The monoisotopic (exact) mass is 248 g/mol. The fraction of sp³-hybridized carbons (Fsp3) is 0.583. The van der Waals surface area contributed by atoms with Crippen LogP contribution in [0.5, 0.6) is 0 Å². The molecule has 1 N–H and O–H groups in total. The first-order valence-electron chi connectivity index (χ1n) is 6.17. The topological polar surface area (TPSA) is 54.5 Å². The van der Waals surface area contributed by atoms with Crippen LogP contribution in [0.25, 0.3) is 10.7 Å². The Morgan fingerprint density at radius 3 is 2.82 bits per heavy atom. The minimum atomic E-state index is 0.582. The molecule has 0 bridgehead atoms. The summed E-state index contributed by atoms with van der Waals surface area (Å²) in [6.45, 7) is 2.00. The minimum Gasteiger partial charge on any atom is -0.262 e. The van der Waals surface area contributed by atoms with Gasteiger partial charge < -0.3 is 0 Å². The van der Waals surface area contributed by atoms with E-state index in [9.17, 15) is 0 Å². The second-order valence-electron chi connectivity index (χ2n) is 4.65. The number of rotatable bonds is 2. The molecule has 0 spiro atoms. The van der Waals surface area contributed by atoms with Crippen LogP contribution in [0.1, 0.15) is 49.5 Å². The van der Waals surface area contributed by atoms with Gasteiger partial charge in [0.25, 0.3) is 0 Å². The number of H-pyrrole nitrogens is 1. The van der Waals surface area contributed by atoms with Crippen LogP contribution in [-0.2, 0) is 0 Å². The summed E-state index contributed by atoms with van der Waals surface area (Å²) in [5.74, 6) is 2.45. The first-order valence-corrected chi connectivity index (χ1v) is 7.05. The van der Waals surface area contributed by atoms with Crippen LogP contribution < -0.4 is 0 Å². The average Bonchev–Trinajstić information content (AvgIpc) is 2.98. The molecule has 1 aliphatic carbocycles. The van der Waals surface area contributed by atoms with Gasteiger partial charge >= 0.3 is 0 Å². The van der Waals surface area contributed by atoms with E-state index >= 15 is 0 Å². The SMILES string of the molecule is Cc1ncsc1-c1n[nH]c(C2CCCCC2)n1. The Morgan fingerprint density at radius 2 is 2.12 bits per heavy atom. The molecule has 0 radical (unpaired) electrons. The maximum Gasteiger partial charge on any atom is 0.193 e. The van der Waals surface area contributed by atoms with Gasteiger partial charge in [-0.25, -0.2) is 9.97 Å². The predicted octanol–water partition coefficient (Wildman–Crippen LogP) is 3.28. The van der Waals surface area contributed by atoms with E-state index in [1.54, 1.807) is 11.3 Å². The maximum atomic E-state index is 4.64. The fourth-order valence-corrected chi connectivity index (χ4v) is 3.19. The third-order valence-electron chi connectivity index (χ3n) is 3.44. The van der Waals surface area contributed by atoms with Gasteiger partial charge in [0.05, 0.1) is 16.1 Å². The summed E-state index contributed by atoms with van der Waals surface area (Å²) in [5, 5.41) is 7.44. The zero-order chi connectivity index (χ0) is 11.7. The molecular formula is C12H16N4S. The van der Waals surface area contributed by atoms with Crippen molar-refractivity contribution in [3.8, 4) is 10.7 Å². The fourth-order valence-electron chi connectivity index (χ4n) is 2.45. The zero-order valence-corrected chi connectivity index (χ0v) is 10.8. The molecule has 4 nitrogen and oxygen atoms in total. The molecule has 2 aromatic rings. The van der Waals surface area contributed by atoms with Crippen LogP contribution in [0.3, 0.4) is 0 Å². The van der Waals surface area contributed by atoms with Crippen molar-refractivity contribution in [2.75, 3.05) is 0 Å². The number of hydrogen-bond donors (Lipinski definition) is 1. The summed E-state index contributed by atoms with van der Waals surface area (Å²) < 4.78 is 0. The molecule has 1 saturated carbocycles. The van der Waals surface area contributed by atoms with Gasteiger partial charge in [0.1, 0.15) is 5.82 Å². The van der Waals surface area contributed by atoms with Crippen molar-refractivity contribution in [3.05, 3.63) is 17.0 Å². The van der Waals surface area contributed by atoms with E-state index in [0.717, 1.165) is 22.2 Å². The first-order chi connectivity index (χ1) is 8.34. The molecule has 1 aliphatic rings. The van der Waals surface area contributed by atoms with E-state index < -0.39 is 0 Å². The summed E-state index contributed by atoms with van der Waals surface area (Å²) in [5.41, 5.74) is 2.87. The number of aryl methyl sites for hydroxylation is 1. The van der Waals surface area contributed by atoms with Crippen molar-refractivity contribution < 1.29 is 0 Å². The van der Waals surface area contributed by atoms with Crippen molar-refractivity contribution >= 4 is 11.3 Å².